The van der Waals surface area contributed by atoms with Crippen molar-refractivity contribution in [3.8, 4) is 11.3 Å². The predicted octanol–water partition coefficient (Wildman–Crippen LogP) is 6.50. The van der Waals surface area contributed by atoms with Gasteiger partial charge < -0.3 is 14.3 Å². The number of aromatic carboxylic acids is 1. The van der Waals surface area contributed by atoms with Crippen LogP contribution < -0.4 is 0 Å². The van der Waals surface area contributed by atoms with Crippen molar-refractivity contribution in [3.05, 3.63) is 99.1 Å². The van der Waals surface area contributed by atoms with Crippen LogP contribution in [-0.4, -0.2) is 41.3 Å². The first-order valence-electron chi connectivity index (χ1n) is 12.5. The number of carboxylic acid groups (broad SMARTS) is 1. The molecule has 0 saturated heterocycles. The van der Waals surface area contributed by atoms with Crippen LogP contribution in [0.2, 0.25) is 0 Å². The minimum absolute atomic E-state index is 0.196. The van der Waals surface area contributed by atoms with E-state index in [1.807, 2.05) is 25.1 Å². The van der Waals surface area contributed by atoms with Crippen LogP contribution in [0.3, 0.4) is 0 Å². The van der Waals surface area contributed by atoms with E-state index >= 15 is 0 Å². The van der Waals surface area contributed by atoms with Crippen LogP contribution in [0, 0.1) is 6.92 Å². The summed E-state index contributed by atoms with van der Waals surface area (Å²) in [5.41, 5.74) is 4.63. The van der Waals surface area contributed by atoms with E-state index in [0.29, 0.717) is 34.3 Å². The Morgan fingerprint density at radius 1 is 1.16 bits per heavy atom. The Morgan fingerprint density at radius 2 is 1.97 bits per heavy atom. The van der Waals surface area contributed by atoms with Gasteiger partial charge in [0.2, 0.25) is 0 Å². The maximum absolute atomic E-state index is 12.9. The van der Waals surface area contributed by atoms with E-state index < -0.39 is 5.97 Å². The summed E-state index contributed by atoms with van der Waals surface area (Å²) >= 11 is 1.51. The molecule has 0 aliphatic carbocycles. The number of thiophene rings is 1. The highest BCUT2D eigenvalue weighted by atomic mass is 32.1. The summed E-state index contributed by atoms with van der Waals surface area (Å²) in [6.45, 7) is 6.45. The number of ether oxygens (including phenoxy) is 1. The molecule has 8 heteroatoms. The van der Waals surface area contributed by atoms with Crippen molar-refractivity contribution in [2.24, 2.45) is 4.99 Å². The molecule has 0 atom stereocenters. The summed E-state index contributed by atoms with van der Waals surface area (Å²) in [6.07, 6.45) is 2.36. The van der Waals surface area contributed by atoms with E-state index in [0.717, 1.165) is 42.1 Å². The van der Waals surface area contributed by atoms with Gasteiger partial charge in [0, 0.05) is 30.1 Å². The van der Waals surface area contributed by atoms with Gasteiger partial charge in [0.15, 0.2) is 0 Å². The number of benzene rings is 2. The number of aryl methyl sites for hydroxylation is 1. The van der Waals surface area contributed by atoms with E-state index in [9.17, 15) is 14.7 Å². The molecule has 5 rings (SSSR count). The van der Waals surface area contributed by atoms with Crippen LogP contribution >= 0.6 is 11.3 Å². The molecule has 0 fully saturated rings. The lowest BCUT2D eigenvalue weighted by Crippen LogP contribution is -2.29. The summed E-state index contributed by atoms with van der Waals surface area (Å²) in [4.78, 5) is 32.5. The average molecular weight is 529 g/mol. The number of aliphatic imine (C=N–C) groups is 1. The first-order chi connectivity index (χ1) is 18.4. The average Bonchev–Trinajstić information content (AvgIpc) is 3.52. The molecule has 0 bridgehead atoms. The van der Waals surface area contributed by atoms with E-state index in [2.05, 4.69) is 22.0 Å². The molecule has 1 aliphatic rings. The molecule has 0 spiro atoms. The smallest absolute Gasteiger partial charge is 0.341 e. The van der Waals surface area contributed by atoms with E-state index in [-0.39, 0.29) is 11.5 Å². The standard InChI is InChI=1S/C30H28N2O5S/c1-3-36-30(35)27-23-13-14-32(17-20-7-5-4-6-8-20)18-26(23)38-28(27)31-16-22-11-12-25(37-22)24-15-21(29(33)34)10-9-19(24)2/h4-12,15-16H,3,13-14,17-18H2,1-2H3,(H,33,34). The van der Waals surface area contributed by atoms with Gasteiger partial charge in [0.1, 0.15) is 16.5 Å². The Morgan fingerprint density at radius 3 is 2.74 bits per heavy atom. The summed E-state index contributed by atoms with van der Waals surface area (Å²) < 4.78 is 11.4. The Balaban J connectivity index is 1.41. The molecule has 0 radical (unpaired) electrons. The molecule has 0 unspecified atom stereocenters. The Bertz CT molecular complexity index is 1500. The zero-order valence-corrected chi connectivity index (χ0v) is 22.1. The number of carbonyl (C=O) groups excluding carboxylic acids is 1. The van der Waals surface area contributed by atoms with E-state index in [1.54, 1.807) is 43.5 Å². The van der Waals surface area contributed by atoms with Gasteiger partial charge in [-0.2, -0.15) is 0 Å². The Labute approximate surface area is 225 Å². The fourth-order valence-electron chi connectivity index (χ4n) is 4.63. The summed E-state index contributed by atoms with van der Waals surface area (Å²) in [5.74, 6) is -0.281. The van der Waals surface area contributed by atoms with Crippen LogP contribution in [-0.2, 0) is 24.2 Å². The second-order valence-electron chi connectivity index (χ2n) is 9.15. The first kappa shape index (κ1) is 25.6. The summed E-state index contributed by atoms with van der Waals surface area (Å²) in [5, 5.41) is 9.95. The van der Waals surface area contributed by atoms with Gasteiger partial charge in [-0.15, -0.1) is 11.3 Å². The topological polar surface area (TPSA) is 92.3 Å². The van der Waals surface area contributed by atoms with Crippen LogP contribution in [0.25, 0.3) is 11.3 Å². The molecule has 3 heterocycles. The quantitative estimate of drug-likeness (QED) is 0.207. The molecule has 7 nitrogen and oxygen atoms in total. The van der Waals surface area contributed by atoms with Crippen molar-refractivity contribution in [3.63, 3.8) is 0 Å². The third-order valence-electron chi connectivity index (χ3n) is 6.53. The molecule has 0 saturated carbocycles. The summed E-state index contributed by atoms with van der Waals surface area (Å²) in [6, 6.07) is 18.9. The highest BCUT2D eigenvalue weighted by Crippen LogP contribution is 2.40. The minimum Gasteiger partial charge on any atom is -0.478 e. The lowest BCUT2D eigenvalue weighted by molar-refractivity contribution is 0.0525. The molecule has 1 N–H and O–H groups in total. The fourth-order valence-corrected chi connectivity index (χ4v) is 5.85. The number of rotatable bonds is 8. The van der Waals surface area contributed by atoms with Gasteiger partial charge in [-0.1, -0.05) is 36.4 Å². The number of furan rings is 1. The largest absolute Gasteiger partial charge is 0.478 e. The SMILES string of the molecule is CCOC(=O)c1c(N=Cc2ccc(-c3cc(C(=O)O)ccc3C)o2)sc2c1CCN(Cc1ccccc1)C2. The highest BCUT2D eigenvalue weighted by molar-refractivity contribution is 7.16. The van der Waals surface area contributed by atoms with Crippen LogP contribution in [0.15, 0.2) is 70.1 Å². The Kier molecular flexibility index (Phi) is 7.53. The fraction of sp³-hybridized carbons (Fsp3) is 0.233. The zero-order valence-electron chi connectivity index (χ0n) is 21.3. The lowest BCUT2D eigenvalue weighted by atomic mass is 10.0. The molecule has 2 aromatic carbocycles. The van der Waals surface area contributed by atoms with Crippen LogP contribution in [0.5, 0.6) is 0 Å². The highest BCUT2D eigenvalue weighted by Gasteiger charge is 2.28. The predicted molar refractivity (Wildman–Crippen MR) is 148 cm³/mol. The summed E-state index contributed by atoms with van der Waals surface area (Å²) in [7, 11) is 0. The number of carboxylic acids is 1. The number of carbonyl (C=O) groups is 2. The number of nitrogens with zero attached hydrogens (tertiary/aromatic N) is 2. The van der Waals surface area contributed by atoms with Gasteiger partial charge in [0.25, 0.3) is 0 Å². The maximum Gasteiger partial charge on any atom is 0.341 e. The van der Waals surface area contributed by atoms with Gasteiger partial charge in [-0.3, -0.25) is 4.90 Å². The molecule has 0 amide bonds. The lowest BCUT2D eigenvalue weighted by Gasteiger charge is -2.27. The maximum atomic E-state index is 12.9. The van der Waals surface area contributed by atoms with Crippen molar-refractivity contribution in [2.45, 2.75) is 33.4 Å². The number of hydrogen-bond acceptors (Lipinski definition) is 7. The molecular formula is C30H28N2O5S. The normalized spacial score (nSPS) is 13.5. The molecule has 2 aromatic heterocycles. The van der Waals surface area contributed by atoms with Crippen LogP contribution in [0.4, 0.5) is 5.00 Å². The van der Waals surface area contributed by atoms with Crippen molar-refractivity contribution < 1.29 is 23.8 Å². The molecule has 194 valence electrons. The zero-order chi connectivity index (χ0) is 26.6. The van der Waals surface area contributed by atoms with E-state index in [4.69, 9.17) is 9.15 Å². The number of esters is 1. The van der Waals surface area contributed by atoms with Gasteiger partial charge in [-0.05, 0) is 61.2 Å². The Hall–Kier alpha value is -4.01. The number of fused-ring (bicyclic) bond motifs is 1. The van der Waals surface area contributed by atoms with Crippen LogP contribution in [0.1, 0.15) is 55.0 Å². The third-order valence-corrected chi connectivity index (χ3v) is 7.66. The van der Waals surface area contributed by atoms with Gasteiger partial charge >= 0.3 is 11.9 Å². The minimum atomic E-state index is -0.991. The first-order valence-corrected chi connectivity index (χ1v) is 13.3. The van der Waals surface area contributed by atoms with E-state index in [1.165, 1.54) is 16.9 Å². The third kappa shape index (κ3) is 5.46. The second-order valence-corrected chi connectivity index (χ2v) is 10.2. The van der Waals surface area contributed by atoms with Crippen molar-refractivity contribution in [2.75, 3.05) is 13.2 Å². The molecular weight excluding hydrogens is 500 g/mol. The van der Waals surface area contributed by atoms with Crippen molar-refractivity contribution >= 4 is 34.5 Å². The molecule has 4 aromatic rings. The number of hydrogen-bond donors (Lipinski definition) is 1. The molecule has 38 heavy (non-hydrogen) atoms. The van der Waals surface area contributed by atoms with Gasteiger partial charge in [-0.25, -0.2) is 14.6 Å². The van der Waals surface area contributed by atoms with Gasteiger partial charge in [0.05, 0.1) is 23.9 Å². The van der Waals surface area contributed by atoms with Crippen molar-refractivity contribution in [1.82, 2.24) is 4.90 Å². The van der Waals surface area contributed by atoms with Crippen molar-refractivity contribution in [1.29, 1.82) is 0 Å². The monoisotopic (exact) mass is 528 g/mol. The second kappa shape index (κ2) is 11.2. The molecule has 1 aliphatic heterocycles.